The monoisotopic (exact) mass is 520 g/mol. The van der Waals surface area contributed by atoms with Crippen molar-refractivity contribution in [2.45, 2.75) is 20.4 Å². The number of carbonyl (C=O) groups is 1. The summed E-state index contributed by atoms with van der Waals surface area (Å²) in [5.74, 6) is 1.31. The van der Waals surface area contributed by atoms with E-state index in [2.05, 4.69) is 30.2 Å². The van der Waals surface area contributed by atoms with Crippen LogP contribution in [-0.2, 0) is 6.54 Å². The molecular formula is C30H32N8O. The van der Waals surface area contributed by atoms with Gasteiger partial charge in [-0.1, -0.05) is 42.5 Å². The molecule has 39 heavy (non-hydrogen) atoms. The number of hydrogen-bond acceptors (Lipinski definition) is 6. The predicted octanol–water partition coefficient (Wildman–Crippen LogP) is 4.80. The van der Waals surface area contributed by atoms with Gasteiger partial charge in [0.25, 0.3) is 0 Å². The quantitative estimate of drug-likeness (QED) is 0.265. The number of fused-ring (bicyclic) bond motifs is 2. The highest BCUT2D eigenvalue weighted by molar-refractivity contribution is 6.10. The van der Waals surface area contributed by atoms with Crippen molar-refractivity contribution in [1.82, 2.24) is 24.6 Å². The number of urea groups is 1. The lowest BCUT2D eigenvalue weighted by atomic mass is 10.00. The molecule has 198 valence electrons. The number of imidazole rings is 1. The largest absolute Gasteiger partial charge is 0.382 e. The summed E-state index contributed by atoms with van der Waals surface area (Å²) in [7, 11) is 0. The van der Waals surface area contributed by atoms with Crippen molar-refractivity contribution >= 4 is 39.5 Å². The third-order valence-corrected chi connectivity index (χ3v) is 7.23. The van der Waals surface area contributed by atoms with E-state index >= 15 is 0 Å². The average Bonchev–Trinajstić information content (AvgIpc) is 3.29. The molecule has 0 unspecified atom stereocenters. The van der Waals surface area contributed by atoms with Crippen LogP contribution < -0.4 is 21.7 Å². The number of nitrogen functional groups attached to an aromatic ring is 1. The van der Waals surface area contributed by atoms with Gasteiger partial charge >= 0.3 is 6.03 Å². The zero-order valence-corrected chi connectivity index (χ0v) is 22.2. The molecule has 3 heterocycles. The summed E-state index contributed by atoms with van der Waals surface area (Å²) >= 11 is 0. The molecule has 0 spiro atoms. The molecule has 5 aromatic rings. The van der Waals surface area contributed by atoms with E-state index in [-0.39, 0.29) is 6.03 Å². The number of benzene rings is 3. The van der Waals surface area contributed by atoms with Crippen LogP contribution >= 0.6 is 0 Å². The Morgan fingerprint density at radius 1 is 1.00 bits per heavy atom. The molecule has 2 amide bonds. The minimum Gasteiger partial charge on any atom is -0.382 e. The van der Waals surface area contributed by atoms with Gasteiger partial charge in [0.15, 0.2) is 0 Å². The van der Waals surface area contributed by atoms with Crippen LogP contribution in [0, 0.1) is 13.8 Å². The molecule has 9 nitrogen and oxygen atoms in total. The van der Waals surface area contributed by atoms with Crippen LogP contribution in [0.2, 0.25) is 0 Å². The van der Waals surface area contributed by atoms with Gasteiger partial charge in [-0.2, -0.15) is 0 Å². The molecular weight excluding hydrogens is 488 g/mol. The van der Waals surface area contributed by atoms with Crippen LogP contribution in [0.5, 0.6) is 0 Å². The van der Waals surface area contributed by atoms with Crippen molar-refractivity contribution in [3.8, 4) is 11.3 Å². The molecule has 0 aliphatic carbocycles. The average molecular weight is 521 g/mol. The van der Waals surface area contributed by atoms with Crippen LogP contribution in [0.15, 0.2) is 66.9 Å². The zero-order valence-electron chi connectivity index (χ0n) is 22.2. The van der Waals surface area contributed by atoms with Gasteiger partial charge in [0, 0.05) is 49.4 Å². The number of anilines is 3. The van der Waals surface area contributed by atoms with Crippen LogP contribution in [0.25, 0.3) is 27.5 Å². The number of amides is 2. The van der Waals surface area contributed by atoms with E-state index in [0.29, 0.717) is 11.5 Å². The Bertz CT molecular complexity index is 1690. The molecule has 1 fully saturated rings. The minimum atomic E-state index is -0.298. The maximum atomic E-state index is 12.8. The number of aromatic nitrogens is 3. The molecule has 5 N–H and O–H groups in total. The van der Waals surface area contributed by atoms with Gasteiger partial charge in [-0.15, -0.1) is 0 Å². The predicted molar refractivity (Wildman–Crippen MR) is 157 cm³/mol. The van der Waals surface area contributed by atoms with Gasteiger partial charge < -0.3 is 21.7 Å². The lowest BCUT2D eigenvalue weighted by Gasteiger charge is -2.27. The van der Waals surface area contributed by atoms with Crippen LogP contribution in [-0.4, -0.2) is 51.5 Å². The molecule has 0 radical (unpaired) electrons. The fraction of sp³-hybridized carbons (Fsp3) is 0.233. The van der Waals surface area contributed by atoms with Crippen molar-refractivity contribution in [3.05, 3.63) is 83.9 Å². The first-order valence-electron chi connectivity index (χ1n) is 13.2. The Kier molecular flexibility index (Phi) is 6.60. The molecule has 1 saturated heterocycles. The lowest BCUT2D eigenvalue weighted by molar-refractivity contribution is 0.229. The third-order valence-electron chi connectivity index (χ3n) is 7.23. The summed E-state index contributed by atoms with van der Waals surface area (Å²) in [6.45, 7) is 8.72. The summed E-state index contributed by atoms with van der Waals surface area (Å²) < 4.78 is 2.13. The first-order valence-corrected chi connectivity index (χ1v) is 13.2. The zero-order chi connectivity index (χ0) is 26.9. The topological polar surface area (TPSA) is 113 Å². The Morgan fingerprint density at radius 2 is 1.79 bits per heavy atom. The molecule has 3 aromatic carbocycles. The summed E-state index contributed by atoms with van der Waals surface area (Å²) in [6.07, 6.45) is 1.86. The second-order valence-corrected chi connectivity index (χ2v) is 10.0. The van der Waals surface area contributed by atoms with Crippen molar-refractivity contribution in [2.24, 2.45) is 0 Å². The number of piperazine rings is 1. The van der Waals surface area contributed by atoms with Gasteiger partial charge in [-0.3, -0.25) is 9.30 Å². The number of aryl methyl sites for hydroxylation is 2. The number of nitrogens with two attached hydrogens (primary N) is 1. The molecule has 0 bridgehead atoms. The van der Waals surface area contributed by atoms with Crippen molar-refractivity contribution in [2.75, 3.05) is 42.5 Å². The minimum absolute atomic E-state index is 0.298. The Labute approximate surface area is 227 Å². The summed E-state index contributed by atoms with van der Waals surface area (Å²) in [6, 6.07) is 19.3. The molecule has 2 aromatic heterocycles. The van der Waals surface area contributed by atoms with Crippen molar-refractivity contribution in [3.63, 3.8) is 0 Å². The van der Waals surface area contributed by atoms with E-state index in [0.717, 1.165) is 83.0 Å². The van der Waals surface area contributed by atoms with Gasteiger partial charge in [0.1, 0.15) is 22.9 Å². The molecule has 6 rings (SSSR count). The Morgan fingerprint density at radius 3 is 2.59 bits per heavy atom. The van der Waals surface area contributed by atoms with Crippen LogP contribution in [0.1, 0.15) is 17.1 Å². The van der Waals surface area contributed by atoms with E-state index in [4.69, 9.17) is 10.7 Å². The Hall–Kier alpha value is -4.47. The smallest absolute Gasteiger partial charge is 0.323 e. The van der Waals surface area contributed by atoms with Crippen molar-refractivity contribution in [1.29, 1.82) is 0 Å². The van der Waals surface area contributed by atoms with E-state index in [9.17, 15) is 4.79 Å². The highest BCUT2D eigenvalue weighted by Crippen LogP contribution is 2.37. The van der Waals surface area contributed by atoms with Gasteiger partial charge in [0.2, 0.25) is 0 Å². The molecule has 0 atom stereocenters. The second kappa shape index (κ2) is 10.4. The number of nitrogens with one attached hydrogen (secondary N) is 3. The SMILES string of the molecule is Cc1cccc(NC(=O)Nc2ccc(-c3nc(C)n4c(CN5CCNCC5)cnc(N)c34)c3ccccc23)c1. The van der Waals surface area contributed by atoms with E-state index in [1.54, 1.807) is 0 Å². The summed E-state index contributed by atoms with van der Waals surface area (Å²) in [5, 5.41) is 11.2. The van der Waals surface area contributed by atoms with Gasteiger partial charge in [-0.05, 0) is 43.0 Å². The van der Waals surface area contributed by atoms with Crippen LogP contribution in [0.3, 0.4) is 0 Å². The second-order valence-electron chi connectivity index (χ2n) is 10.0. The first-order chi connectivity index (χ1) is 19.0. The lowest BCUT2D eigenvalue weighted by Crippen LogP contribution is -2.43. The third kappa shape index (κ3) is 4.89. The molecule has 1 aliphatic rings. The fourth-order valence-electron chi connectivity index (χ4n) is 5.40. The number of nitrogens with zero attached hydrogens (tertiary/aromatic N) is 4. The van der Waals surface area contributed by atoms with E-state index in [1.165, 1.54) is 0 Å². The highest BCUT2D eigenvalue weighted by atomic mass is 16.2. The summed E-state index contributed by atoms with van der Waals surface area (Å²) in [4.78, 5) is 24.8. The van der Waals surface area contributed by atoms with E-state index in [1.807, 2.05) is 80.7 Å². The number of carbonyl (C=O) groups excluding carboxylic acids is 1. The first kappa shape index (κ1) is 24.8. The van der Waals surface area contributed by atoms with Crippen molar-refractivity contribution < 1.29 is 4.79 Å². The van der Waals surface area contributed by atoms with Gasteiger partial charge in [-0.25, -0.2) is 14.8 Å². The molecule has 1 aliphatic heterocycles. The summed E-state index contributed by atoms with van der Waals surface area (Å²) in [5.41, 5.74) is 12.6. The van der Waals surface area contributed by atoms with Gasteiger partial charge in [0.05, 0.1) is 17.6 Å². The number of hydrogen-bond donors (Lipinski definition) is 4. The maximum Gasteiger partial charge on any atom is 0.323 e. The van der Waals surface area contributed by atoms with Crippen LogP contribution in [0.4, 0.5) is 22.0 Å². The van der Waals surface area contributed by atoms with E-state index < -0.39 is 0 Å². The standard InChI is InChI=1S/C30H32N8O/c1-19-6-5-7-21(16-19)35-30(39)36-26-11-10-25(23-8-3-4-9-24(23)26)27-28-29(31)33-17-22(38(28)20(2)34-27)18-37-14-12-32-13-15-37/h3-11,16-17,32H,12-15,18H2,1-2H3,(H2,31,33)(H2,35,36,39). The molecule has 9 heteroatoms. The fourth-order valence-corrected chi connectivity index (χ4v) is 5.40. The molecule has 0 saturated carbocycles. The highest BCUT2D eigenvalue weighted by Gasteiger charge is 2.21. The normalized spacial score (nSPS) is 14.1. The maximum absolute atomic E-state index is 12.8. The number of rotatable bonds is 5. The Balaban J connectivity index is 1.38.